The van der Waals surface area contributed by atoms with E-state index in [0.717, 1.165) is 16.9 Å². The van der Waals surface area contributed by atoms with Gasteiger partial charge in [-0.15, -0.1) is 0 Å². The van der Waals surface area contributed by atoms with Crippen LogP contribution in [-0.4, -0.2) is 49.2 Å². The minimum Gasteiger partial charge on any atom is -0.381 e. The topological polar surface area (TPSA) is 53.6 Å². The highest BCUT2D eigenvalue weighted by molar-refractivity contribution is 5.96. The van der Waals surface area contributed by atoms with Gasteiger partial charge in [0.15, 0.2) is 0 Å². The lowest BCUT2D eigenvalue weighted by molar-refractivity contribution is 0.0303. The molecule has 1 heterocycles. The van der Waals surface area contributed by atoms with Gasteiger partial charge in [-0.25, -0.2) is 0 Å². The Bertz CT molecular complexity index is 630. The number of nitrogens with one attached hydrogen (secondary N) is 2. The largest absolute Gasteiger partial charge is 0.381 e. The first-order valence-electron chi connectivity index (χ1n) is 10.8. The molecule has 1 amide bonds. The number of nitrogens with zero attached hydrogens (tertiary/aromatic N) is 1. The average molecular weight is 372 g/mol. The lowest BCUT2D eigenvalue weighted by Gasteiger charge is -2.28. The van der Waals surface area contributed by atoms with Crippen molar-refractivity contribution in [3.63, 3.8) is 0 Å². The minimum atomic E-state index is 0.122. The summed E-state index contributed by atoms with van der Waals surface area (Å²) in [6.07, 6.45) is 11.5. The van der Waals surface area contributed by atoms with Gasteiger partial charge in [-0.3, -0.25) is 4.79 Å². The molecule has 1 aliphatic heterocycles. The number of benzene rings is 1. The highest BCUT2D eigenvalue weighted by Crippen LogP contribution is 2.31. The highest BCUT2D eigenvalue weighted by atomic mass is 16.5. The maximum Gasteiger partial charge on any atom is 0.254 e. The van der Waals surface area contributed by atoms with Crippen LogP contribution in [0.1, 0.15) is 68.1 Å². The second-order valence-corrected chi connectivity index (χ2v) is 8.27. The maximum absolute atomic E-state index is 12.9. The van der Waals surface area contributed by atoms with E-state index in [2.05, 4.69) is 22.8 Å². The summed E-state index contributed by atoms with van der Waals surface area (Å²) >= 11 is 0. The number of rotatable bonds is 5. The molecule has 0 atom stereocenters. The normalized spacial score (nSPS) is 22.0. The van der Waals surface area contributed by atoms with Crippen molar-refractivity contribution in [2.75, 3.05) is 36.9 Å². The summed E-state index contributed by atoms with van der Waals surface area (Å²) in [4.78, 5) is 14.8. The van der Waals surface area contributed by atoms with Crippen molar-refractivity contribution in [1.29, 1.82) is 0 Å². The molecule has 1 aromatic carbocycles. The molecule has 148 valence electrons. The average Bonchev–Trinajstić information content (AvgIpc) is 3.23. The molecule has 27 heavy (non-hydrogen) atoms. The molecule has 1 saturated heterocycles. The molecular weight excluding hydrogens is 338 g/mol. The second-order valence-electron chi connectivity index (χ2n) is 8.27. The molecule has 1 aromatic rings. The van der Waals surface area contributed by atoms with Crippen LogP contribution in [0.3, 0.4) is 0 Å². The van der Waals surface area contributed by atoms with Crippen molar-refractivity contribution in [3.8, 4) is 0 Å². The van der Waals surface area contributed by atoms with Crippen molar-refractivity contribution < 1.29 is 9.53 Å². The Morgan fingerprint density at radius 2 is 1.44 bits per heavy atom. The monoisotopic (exact) mass is 371 g/mol. The SMILES string of the molecule is O=C(c1ccc(NC2CCCCC2)c(NC2CCCC2)c1)N1CCOCC1. The van der Waals surface area contributed by atoms with Gasteiger partial charge < -0.3 is 20.3 Å². The number of morpholine rings is 1. The Balaban J connectivity index is 1.52. The molecule has 0 bridgehead atoms. The van der Waals surface area contributed by atoms with E-state index in [0.29, 0.717) is 38.4 Å². The second kappa shape index (κ2) is 8.96. The van der Waals surface area contributed by atoms with Crippen LogP contribution in [0.4, 0.5) is 11.4 Å². The highest BCUT2D eigenvalue weighted by Gasteiger charge is 2.22. The van der Waals surface area contributed by atoms with Gasteiger partial charge in [-0.05, 0) is 43.9 Å². The Labute approximate surface area is 162 Å². The number of amides is 1. The molecule has 2 aliphatic carbocycles. The van der Waals surface area contributed by atoms with Crippen molar-refractivity contribution in [3.05, 3.63) is 23.8 Å². The predicted octanol–water partition coefficient (Wildman–Crippen LogP) is 4.26. The number of ether oxygens (including phenoxy) is 1. The summed E-state index contributed by atoms with van der Waals surface area (Å²) in [5.74, 6) is 0.122. The first-order chi connectivity index (χ1) is 13.3. The van der Waals surface area contributed by atoms with E-state index in [-0.39, 0.29) is 5.91 Å². The van der Waals surface area contributed by atoms with Gasteiger partial charge >= 0.3 is 0 Å². The molecule has 0 aromatic heterocycles. The Kier molecular flexibility index (Phi) is 6.17. The van der Waals surface area contributed by atoms with E-state index in [1.807, 2.05) is 11.0 Å². The quantitative estimate of drug-likeness (QED) is 0.812. The number of hydrogen-bond acceptors (Lipinski definition) is 4. The van der Waals surface area contributed by atoms with Crippen molar-refractivity contribution >= 4 is 17.3 Å². The molecule has 2 N–H and O–H groups in total. The van der Waals surface area contributed by atoms with E-state index in [9.17, 15) is 4.79 Å². The van der Waals surface area contributed by atoms with Crippen LogP contribution in [-0.2, 0) is 4.74 Å². The van der Waals surface area contributed by atoms with Gasteiger partial charge in [0.05, 0.1) is 24.6 Å². The van der Waals surface area contributed by atoms with Crippen molar-refractivity contribution in [2.24, 2.45) is 0 Å². The smallest absolute Gasteiger partial charge is 0.254 e. The fraction of sp³-hybridized carbons (Fsp3) is 0.682. The van der Waals surface area contributed by atoms with E-state index in [4.69, 9.17) is 4.74 Å². The third kappa shape index (κ3) is 4.75. The Hall–Kier alpha value is -1.75. The van der Waals surface area contributed by atoms with Crippen LogP contribution < -0.4 is 10.6 Å². The lowest BCUT2D eigenvalue weighted by atomic mass is 9.95. The van der Waals surface area contributed by atoms with Crippen LogP contribution in [0.25, 0.3) is 0 Å². The molecule has 2 saturated carbocycles. The van der Waals surface area contributed by atoms with Crippen molar-refractivity contribution in [1.82, 2.24) is 4.90 Å². The van der Waals surface area contributed by atoms with E-state index < -0.39 is 0 Å². The van der Waals surface area contributed by atoms with Gasteiger partial charge in [0.1, 0.15) is 0 Å². The van der Waals surface area contributed by atoms with Gasteiger partial charge in [0.25, 0.3) is 5.91 Å². The number of anilines is 2. The third-order valence-electron chi connectivity index (χ3n) is 6.24. The van der Waals surface area contributed by atoms with Gasteiger partial charge in [-0.1, -0.05) is 32.1 Å². The summed E-state index contributed by atoms with van der Waals surface area (Å²) in [5.41, 5.74) is 3.05. The summed E-state index contributed by atoms with van der Waals surface area (Å²) in [7, 11) is 0. The molecular formula is C22H33N3O2. The molecule has 0 unspecified atom stereocenters. The molecule has 5 nitrogen and oxygen atoms in total. The lowest BCUT2D eigenvalue weighted by Crippen LogP contribution is -2.40. The molecule has 3 fully saturated rings. The standard InChI is InChI=1S/C22H33N3O2/c26-22(25-12-14-27-15-13-25)17-10-11-20(23-18-6-2-1-3-7-18)21(16-17)24-19-8-4-5-9-19/h10-11,16,18-19,23-24H,1-9,12-15H2. The minimum absolute atomic E-state index is 0.122. The van der Waals surface area contributed by atoms with Crippen LogP contribution in [0, 0.1) is 0 Å². The van der Waals surface area contributed by atoms with Crippen LogP contribution in [0.2, 0.25) is 0 Å². The van der Waals surface area contributed by atoms with Crippen LogP contribution >= 0.6 is 0 Å². The fourth-order valence-electron chi connectivity index (χ4n) is 4.63. The summed E-state index contributed by atoms with van der Waals surface area (Å²) in [6, 6.07) is 7.26. The molecule has 0 spiro atoms. The zero-order chi connectivity index (χ0) is 18.5. The third-order valence-corrected chi connectivity index (χ3v) is 6.24. The van der Waals surface area contributed by atoms with Gasteiger partial charge in [-0.2, -0.15) is 0 Å². The molecule has 4 rings (SSSR count). The maximum atomic E-state index is 12.9. The summed E-state index contributed by atoms with van der Waals surface area (Å²) in [6.45, 7) is 2.65. The van der Waals surface area contributed by atoms with E-state index in [1.165, 1.54) is 57.8 Å². The van der Waals surface area contributed by atoms with Gasteiger partial charge in [0, 0.05) is 30.7 Å². The number of hydrogen-bond donors (Lipinski definition) is 2. The Morgan fingerprint density at radius 1 is 0.852 bits per heavy atom. The van der Waals surface area contributed by atoms with E-state index >= 15 is 0 Å². The zero-order valence-electron chi connectivity index (χ0n) is 16.3. The fourth-order valence-corrected chi connectivity index (χ4v) is 4.63. The Morgan fingerprint density at radius 3 is 2.11 bits per heavy atom. The first-order valence-corrected chi connectivity index (χ1v) is 10.8. The molecule has 3 aliphatic rings. The van der Waals surface area contributed by atoms with Crippen LogP contribution in [0.5, 0.6) is 0 Å². The molecule has 5 heteroatoms. The zero-order valence-corrected chi connectivity index (χ0v) is 16.3. The number of carbonyl (C=O) groups is 1. The summed E-state index contributed by atoms with van der Waals surface area (Å²) < 4.78 is 5.39. The molecule has 0 radical (unpaired) electrons. The summed E-state index contributed by atoms with van der Waals surface area (Å²) in [5, 5.41) is 7.50. The van der Waals surface area contributed by atoms with Crippen molar-refractivity contribution in [2.45, 2.75) is 69.9 Å². The predicted molar refractivity (Wildman–Crippen MR) is 110 cm³/mol. The first kappa shape index (κ1) is 18.6. The number of carbonyl (C=O) groups excluding carboxylic acids is 1. The van der Waals surface area contributed by atoms with Gasteiger partial charge in [0.2, 0.25) is 0 Å². The van der Waals surface area contributed by atoms with E-state index in [1.54, 1.807) is 0 Å². The van der Waals surface area contributed by atoms with Crippen LogP contribution in [0.15, 0.2) is 18.2 Å².